The van der Waals surface area contributed by atoms with Crippen molar-refractivity contribution < 1.29 is 18.9 Å². The molecule has 1 aliphatic rings. The average Bonchev–Trinajstić information content (AvgIpc) is 3.33. The van der Waals surface area contributed by atoms with Gasteiger partial charge in [0, 0.05) is 44.5 Å². The third-order valence-electron chi connectivity index (χ3n) is 7.02. The number of likely N-dealkylation sites (tertiary alicyclic amines) is 1. The number of methoxy groups -OCH3 is 1. The van der Waals surface area contributed by atoms with Crippen LogP contribution in [-0.2, 0) is 27.3 Å². The van der Waals surface area contributed by atoms with Gasteiger partial charge < -0.3 is 34.6 Å². The summed E-state index contributed by atoms with van der Waals surface area (Å²) in [6.45, 7) is 11.8. The Hall–Kier alpha value is -2.92. The lowest BCUT2D eigenvalue weighted by Crippen LogP contribution is -2.51. The Kier molecular flexibility index (Phi) is 11.8. The molecule has 2 aromatic heterocycles. The maximum atomic E-state index is 5.99. The van der Waals surface area contributed by atoms with Crippen LogP contribution in [0.5, 0.6) is 5.75 Å². The van der Waals surface area contributed by atoms with E-state index in [0.29, 0.717) is 33.0 Å². The molecule has 1 fully saturated rings. The first-order chi connectivity index (χ1) is 19.6. The van der Waals surface area contributed by atoms with E-state index in [1.54, 1.807) is 7.11 Å². The Morgan fingerprint density at radius 1 is 0.950 bits per heavy atom. The first-order valence-electron chi connectivity index (χ1n) is 14.6. The van der Waals surface area contributed by atoms with E-state index in [4.69, 9.17) is 24.7 Å². The molecule has 10 nitrogen and oxygen atoms in total. The van der Waals surface area contributed by atoms with E-state index < -0.39 is 0 Å². The van der Waals surface area contributed by atoms with Crippen molar-refractivity contribution in [3.05, 3.63) is 41.6 Å². The van der Waals surface area contributed by atoms with Crippen molar-refractivity contribution in [2.45, 2.75) is 58.7 Å². The number of fused-ring (bicyclic) bond motifs is 1. The van der Waals surface area contributed by atoms with Crippen molar-refractivity contribution in [3.63, 3.8) is 0 Å². The molecule has 40 heavy (non-hydrogen) atoms. The number of hydrogen-bond acceptors (Lipinski definition) is 9. The fraction of sp³-hybridized carbons (Fsp3) is 0.600. The largest absolute Gasteiger partial charge is 0.496 e. The summed E-state index contributed by atoms with van der Waals surface area (Å²) in [4.78, 5) is 11.3. The summed E-state index contributed by atoms with van der Waals surface area (Å²) < 4.78 is 24.9. The third kappa shape index (κ3) is 8.54. The number of nitrogen functional groups attached to an aromatic ring is 1. The summed E-state index contributed by atoms with van der Waals surface area (Å²) in [7, 11) is 1.73. The Labute approximate surface area is 238 Å². The van der Waals surface area contributed by atoms with E-state index in [2.05, 4.69) is 56.8 Å². The maximum Gasteiger partial charge on any atom is 0.222 e. The third-order valence-corrected chi connectivity index (χ3v) is 7.02. The zero-order chi connectivity index (χ0) is 28.2. The molecule has 0 amide bonds. The summed E-state index contributed by atoms with van der Waals surface area (Å²) >= 11 is 0. The minimum atomic E-state index is 0.268. The summed E-state index contributed by atoms with van der Waals surface area (Å²) in [5.41, 5.74) is 10.1. The Balaban J connectivity index is 1.28. The first kappa shape index (κ1) is 30.0. The number of unbranched alkanes of at least 4 members (excludes halogenated alkanes) is 2. The zero-order valence-corrected chi connectivity index (χ0v) is 24.4. The van der Waals surface area contributed by atoms with E-state index >= 15 is 0 Å². The van der Waals surface area contributed by atoms with E-state index in [1.807, 2.05) is 12.3 Å². The van der Waals surface area contributed by atoms with Gasteiger partial charge in [-0.25, -0.2) is 4.98 Å². The van der Waals surface area contributed by atoms with Gasteiger partial charge in [0.25, 0.3) is 0 Å². The lowest BCUT2D eigenvalue weighted by molar-refractivity contribution is -0.0764. The Morgan fingerprint density at radius 2 is 1.75 bits per heavy atom. The summed E-state index contributed by atoms with van der Waals surface area (Å²) in [5.74, 6) is 1.94. The fourth-order valence-corrected chi connectivity index (χ4v) is 4.92. The van der Waals surface area contributed by atoms with Crippen LogP contribution in [0.2, 0.25) is 0 Å². The predicted molar refractivity (Wildman–Crippen MR) is 159 cm³/mol. The van der Waals surface area contributed by atoms with Gasteiger partial charge in [-0.3, -0.25) is 4.90 Å². The quantitative estimate of drug-likeness (QED) is 0.209. The number of benzene rings is 1. The molecule has 1 aromatic carbocycles. The number of nitrogens with two attached hydrogens (primary N) is 1. The van der Waals surface area contributed by atoms with Gasteiger partial charge in [0.2, 0.25) is 5.95 Å². The molecule has 0 aliphatic carbocycles. The van der Waals surface area contributed by atoms with Crippen LogP contribution >= 0.6 is 0 Å². The van der Waals surface area contributed by atoms with E-state index in [-0.39, 0.29) is 12.1 Å². The standard InChI is InChI=1S/C30H46N6O4/c1-4-6-7-11-32-29-28-26(33-30(31)34-29)10-12-36(28)20-24-9-8-23(18-27(24)37-3)19-35-21-25(22-35)40-17-16-39-15-14-38-13-5-2/h8-10,12,18,25H,4-7,11,13-17,19-22H2,1-3H3,(H3,31,32,33,34). The van der Waals surface area contributed by atoms with Crippen LogP contribution in [0.3, 0.4) is 0 Å². The summed E-state index contributed by atoms with van der Waals surface area (Å²) in [6, 6.07) is 8.47. The number of nitrogens with zero attached hydrogens (tertiary/aromatic N) is 4. The maximum absolute atomic E-state index is 5.99. The van der Waals surface area contributed by atoms with Gasteiger partial charge in [-0.1, -0.05) is 38.8 Å². The lowest BCUT2D eigenvalue weighted by Gasteiger charge is -2.39. The minimum absolute atomic E-state index is 0.268. The molecule has 1 saturated heterocycles. The molecule has 0 saturated carbocycles. The van der Waals surface area contributed by atoms with Crippen molar-refractivity contribution >= 4 is 22.8 Å². The molecule has 220 valence electrons. The minimum Gasteiger partial charge on any atom is -0.496 e. The number of hydrogen-bond donors (Lipinski definition) is 2. The molecule has 1 aliphatic heterocycles. The SMILES string of the molecule is CCCCCNc1nc(N)nc2ccn(Cc3ccc(CN4CC(OCCOCCOCCC)C4)cc3OC)c12. The molecule has 0 bridgehead atoms. The fourth-order valence-electron chi connectivity index (χ4n) is 4.92. The summed E-state index contributed by atoms with van der Waals surface area (Å²) in [5, 5.41) is 3.47. The highest BCUT2D eigenvalue weighted by molar-refractivity contribution is 5.87. The highest BCUT2D eigenvalue weighted by atomic mass is 16.5. The molecule has 0 spiro atoms. The van der Waals surface area contributed by atoms with Crippen molar-refractivity contribution in [3.8, 4) is 5.75 Å². The van der Waals surface area contributed by atoms with E-state index in [0.717, 1.165) is 73.8 Å². The Morgan fingerprint density at radius 3 is 2.52 bits per heavy atom. The Bertz CT molecular complexity index is 1180. The van der Waals surface area contributed by atoms with Crippen molar-refractivity contribution in [1.82, 2.24) is 19.4 Å². The predicted octanol–water partition coefficient (Wildman–Crippen LogP) is 4.32. The smallest absolute Gasteiger partial charge is 0.222 e. The van der Waals surface area contributed by atoms with Crippen LogP contribution in [0.4, 0.5) is 11.8 Å². The molecule has 10 heteroatoms. The van der Waals surface area contributed by atoms with Crippen LogP contribution < -0.4 is 15.8 Å². The molecular formula is C30H46N6O4. The van der Waals surface area contributed by atoms with Crippen LogP contribution in [0.25, 0.3) is 11.0 Å². The number of rotatable bonds is 19. The van der Waals surface area contributed by atoms with Gasteiger partial charge in [-0.05, 0) is 30.5 Å². The van der Waals surface area contributed by atoms with Gasteiger partial charge >= 0.3 is 0 Å². The monoisotopic (exact) mass is 554 g/mol. The van der Waals surface area contributed by atoms with Crippen LogP contribution in [0.15, 0.2) is 30.5 Å². The number of nitrogens with one attached hydrogen (secondary N) is 1. The second-order valence-electron chi connectivity index (χ2n) is 10.3. The van der Waals surface area contributed by atoms with E-state index in [9.17, 15) is 0 Å². The number of aromatic nitrogens is 3. The number of ether oxygens (including phenoxy) is 4. The molecular weight excluding hydrogens is 508 g/mol. The molecule has 3 aromatic rings. The highest BCUT2D eigenvalue weighted by Gasteiger charge is 2.27. The first-order valence-corrected chi connectivity index (χ1v) is 14.6. The van der Waals surface area contributed by atoms with Crippen LogP contribution in [0.1, 0.15) is 50.7 Å². The summed E-state index contributed by atoms with van der Waals surface area (Å²) in [6.07, 6.45) is 6.78. The van der Waals surface area contributed by atoms with Crippen LogP contribution in [0, 0.1) is 0 Å². The highest BCUT2D eigenvalue weighted by Crippen LogP contribution is 2.28. The molecule has 4 rings (SSSR count). The van der Waals surface area contributed by atoms with Crippen molar-refractivity contribution in [2.24, 2.45) is 0 Å². The molecule has 0 atom stereocenters. The lowest BCUT2D eigenvalue weighted by atomic mass is 10.1. The zero-order valence-electron chi connectivity index (χ0n) is 24.4. The average molecular weight is 555 g/mol. The van der Waals surface area contributed by atoms with Gasteiger partial charge in [-0.2, -0.15) is 4.98 Å². The second-order valence-corrected chi connectivity index (χ2v) is 10.3. The van der Waals surface area contributed by atoms with E-state index in [1.165, 1.54) is 18.4 Å². The number of anilines is 2. The van der Waals surface area contributed by atoms with Gasteiger partial charge in [0.1, 0.15) is 11.3 Å². The molecule has 0 radical (unpaired) electrons. The van der Waals surface area contributed by atoms with Crippen molar-refractivity contribution in [2.75, 3.05) is 70.8 Å². The molecule has 3 N–H and O–H groups in total. The van der Waals surface area contributed by atoms with Crippen molar-refractivity contribution in [1.29, 1.82) is 0 Å². The molecule has 0 unspecified atom stereocenters. The van der Waals surface area contributed by atoms with Gasteiger partial charge in [0.05, 0.1) is 51.7 Å². The normalized spacial score (nSPS) is 14.1. The van der Waals surface area contributed by atoms with Gasteiger partial charge in [0.15, 0.2) is 5.82 Å². The topological polar surface area (TPSA) is 109 Å². The second kappa shape index (κ2) is 15.8. The van der Waals surface area contributed by atoms with Gasteiger partial charge in [-0.15, -0.1) is 0 Å². The van der Waals surface area contributed by atoms with Crippen LogP contribution in [-0.4, -0.2) is 85.3 Å². The molecule has 3 heterocycles.